The summed E-state index contributed by atoms with van der Waals surface area (Å²) in [7, 11) is 0. The van der Waals surface area contributed by atoms with Crippen molar-refractivity contribution in [2.75, 3.05) is 19.6 Å². The van der Waals surface area contributed by atoms with Crippen LogP contribution in [-0.2, 0) is 4.79 Å². The number of hydrogen-bond acceptors (Lipinski definition) is 2. The van der Waals surface area contributed by atoms with Crippen molar-refractivity contribution < 1.29 is 4.79 Å². The van der Waals surface area contributed by atoms with Crippen molar-refractivity contribution in [2.24, 2.45) is 0 Å². The summed E-state index contributed by atoms with van der Waals surface area (Å²) in [5.41, 5.74) is 0. The zero-order valence-corrected chi connectivity index (χ0v) is 12.2. The molecule has 0 bridgehead atoms. The summed E-state index contributed by atoms with van der Waals surface area (Å²) in [6.07, 6.45) is 10.3. The molecule has 1 N–H and O–H groups in total. The van der Waals surface area contributed by atoms with Gasteiger partial charge in [0.1, 0.15) is 0 Å². The monoisotopic (exact) mass is 254 g/mol. The second kappa shape index (κ2) is 9.37. The first-order valence-corrected chi connectivity index (χ1v) is 7.79. The van der Waals surface area contributed by atoms with Crippen LogP contribution in [0.5, 0.6) is 0 Å². The SMILES string of the molecule is CCCCCCCCNCC(=O)N(CC)C1CC1. The van der Waals surface area contributed by atoms with E-state index >= 15 is 0 Å². The summed E-state index contributed by atoms with van der Waals surface area (Å²) in [4.78, 5) is 13.9. The third-order valence-corrected chi connectivity index (χ3v) is 3.63. The highest BCUT2D eigenvalue weighted by Crippen LogP contribution is 2.26. The lowest BCUT2D eigenvalue weighted by molar-refractivity contribution is -0.130. The molecule has 0 unspecified atom stereocenters. The van der Waals surface area contributed by atoms with Crippen molar-refractivity contribution in [3.63, 3.8) is 0 Å². The number of nitrogens with one attached hydrogen (secondary N) is 1. The van der Waals surface area contributed by atoms with Crippen LogP contribution in [0.1, 0.15) is 65.2 Å². The van der Waals surface area contributed by atoms with Crippen molar-refractivity contribution in [1.82, 2.24) is 10.2 Å². The van der Waals surface area contributed by atoms with E-state index < -0.39 is 0 Å². The van der Waals surface area contributed by atoms with Crippen LogP contribution in [0.4, 0.5) is 0 Å². The third kappa shape index (κ3) is 6.39. The Bertz CT molecular complexity index is 227. The zero-order chi connectivity index (χ0) is 13.2. The number of likely N-dealkylation sites (N-methyl/N-ethyl adjacent to an activating group) is 1. The van der Waals surface area contributed by atoms with Gasteiger partial charge in [0.25, 0.3) is 0 Å². The first-order valence-electron chi connectivity index (χ1n) is 7.79. The largest absolute Gasteiger partial charge is 0.339 e. The first kappa shape index (κ1) is 15.5. The van der Waals surface area contributed by atoms with Crippen LogP contribution in [0.2, 0.25) is 0 Å². The van der Waals surface area contributed by atoms with Crippen LogP contribution in [0.25, 0.3) is 0 Å². The molecule has 0 heterocycles. The molecule has 0 aromatic heterocycles. The van der Waals surface area contributed by atoms with Gasteiger partial charge >= 0.3 is 0 Å². The van der Waals surface area contributed by atoms with Gasteiger partial charge in [-0.15, -0.1) is 0 Å². The lowest BCUT2D eigenvalue weighted by Crippen LogP contribution is -2.39. The van der Waals surface area contributed by atoms with E-state index in [1.54, 1.807) is 0 Å². The fourth-order valence-corrected chi connectivity index (χ4v) is 2.35. The van der Waals surface area contributed by atoms with E-state index in [1.165, 1.54) is 51.4 Å². The van der Waals surface area contributed by atoms with Crippen LogP contribution in [0, 0.1) is 0 Å². The van der Waals surface area contributed by atoms with Gasteiger partial charge in [-0.05, 0) is 32.7 Å². The van der Waals surface area contributed by atoms with Gasteiger partial charge in [0.15, 0.2) is 0 Å². The highest BCUT2D eigenvalue weighted by molar-refractivity contribution is 5.78. The maximum atomic E-state index is 11.9. The maximum Gasteiger partial charge on any atom is 0.236 e. The summed E-state index contributed by atoms with van der Waals surface area (Å²) in [6, 6.07) is 0.554. The molecule has 0 radical (unpaired) electrons. The minimum atomic E-state index is 0.283. The summed E-state index contributed by atoms with van der Waals surface area (Å²) >= 11 is 0. The zero-order valence-electron chi connectivity index (χ0n) is 12.2. The van der Waals surface area contributed by atoms with Gasteiger partial charge in [-0.2, -0.15) is 0 Å². The average molecular weight is 254 g/mol. The van der Waals surface area contributed by atoms with Gasteiger partial charge in [-0.1, -0.05) is 39.0 Å². The number of hydrogen-bond donors (Lipinski definition) is 1. The molecule has 1 rings (SSSR count). The van der Waals surface area contributed by atoms with E-state index in [0.29, 0.717) is 12.6 Å². The van der Waals surface area contributed by atoms with Gasteiger partial charge in [0, 0.05) is 12.6 Å². The Balaban J connectivity index is 1.92. The predicted octanol–water partition coefficient (Wildman–Crippen LogP) is 2.95. The molecular weight excluding hydrogens is 224 g/mol. The fourth-order valence-electron chi connectivity index (χ4n) is 2.35. The molecule has 1 aliphatic rings. The number of carbonyl (C=O) groups is 1. The molecule has 1 aliphatic carbocycles. The number of unbranched alkanes of at least 4 members (excludes halogenated alkanes) is 5. The van der Waals surface area contributed by atoms with E-state index in [9.17, 15) is 4.79 Å². The maximum absolute atomic E-state index is 11.9. The molecule has 0 spiro atoms. The van der Waals surface area contributed by atoms with Crippen LogP contribution in [0.3, 0.4) is 0 Å². The highest BCUT2D eigenvalue weighted by Gasteiger charge is 2.30. The molecule has 1 fully saturated rings. The smallest absolute Gasteiger partial charge is 0.236 e. The predicted molar refractivity (Wildman–Crippen MR) is 76.7 cm³/mol. The van der Waals surface area contributed by atoms with E-state index in [0.717, 1.165) is 13.1 Å². The van der Waals surface area contributed by atoms with E-state index in [2.05, 4.69) is 19.2 Å². The highest BCUT2D eigenvalue weighted by atomic mass is 16.2. The molecule has 18 heavy (non-hydrogen) atoms. The molecule has 0 aromatic rings. The molecule has 1 saturated carbocycles. The van der Waals surface area contributed by atoms with Crippen molar-refractivity contribution in [1.29, 1.82) is 0 Å². The fraction of sp³-hybridized carbons (Fsp3) is 0.933. The Hall–Kier alpha value is -0.570. The molecule has 0 saturated heterocycles. The molecule has 1 amide bonds. The molecular formula is C15H30N2O. The van der Waals surface area contributed by atoms with Crippen LogP contribution in [0.15, 0.2) is 0 Å². The lowest BCUT2D eigenvalue weighted by atomic mass is 10.1. The number of amides is 1. The molecule has 0 aromatic carbocycles. The number of rotatable bonds is 11. The first-order chi connectivity index (χ1) is 8.79. The summed E-state index contributed by atoms with van der Waals surface area (Å²) in [5, 5.41) is 3.28. The van der Waals surface area contributed by atoms with Crippen molar-refractivity contribution in [3.8, 4) is 0 Å². The van der Waals surface area contributed by atoms with Gasteiger partial charge < -0.3 is 10.2 Å². The normalized spacial score (nSPS) is 14.8. The van der Waals surface area contributed by atoms with Crippen molar-refractivity contribution >= 4 is 5.91 Å². The average Bonchev–Trinajstić information content (AvgIpc) is 3.18. The molecule has 3 nitrogen and oxygen atoms in total. The Morgan fingerprint density at radius 2 is 1.78 bits per heavy atom. The molecule has 3 heteroatoms. The van der Waals surface area contributed by atoms with Gasteiger partial charge in [0.05, 0.1) is 6.54 Å². The molecule has 0 atom stereocenters. The second-order valence-electron chi connectivity index (χ2n) is 5.36. The second-order valence-corrected chi connectivity index (χ2v) is 5.36. The summed E-state index contributed by atoms with van der Waals surface area (Å²) < 4.78 is 0. The quantitative estimate of drug-likeness (QED) is 0.575. The van der Waals surface area contributed by atoms with Gasteiger partial charge in [0.2, 0.25) is 5.91 Å². The van der Waals surface area contributed by atoms with Crippen LogP contribution < -0.4 is 5.32 Å². The van der Waals surface area contributed by atoms with E-state index in [-0.39, 0.29) is 5.91 Å². The molecule has 106 valence electrons. The van der Waals surface area contributed by atoms with E-state index in [1.807, 2.05) is 4.90 Å². The summed E-state index contributed by atoms with van der Waals surface area (Å²) in [5.74, 6) is 0.283. The Kier molecular flexibility index (Phi) is 8.06. The number of nitrogens with zero attached hydrogens (tertiary/aromatic N) is 1. The minimum Gasteiger partial charge on any atom is -0.339 e. The van der Waals surface area contributed by atoms with Crippen molar-refractivity contribution in [2.45, 2.75) is 71.3 Å². The van der Waals surface area contributed by atoms with E-state index in [4.69, 9.17) is 0 Å². The summed E-state index contributed by atoms with van der Waals surface area (Å²) in [6.45, 7) is 6.69. The van der Waals surface area contributed by atoms with Gasteiger partial charge in [-0.3, -0.25) is 4.79 Å². The van der Waals surface area contributed by atoms with Crippen LogP contribution >= 0.6 is 0 Å². The van der Waals surface area contributed by atoms with Crippen molar-refractivity contribution in [3.05, 3.63) is 0 Å². The topological polar surface area (TPSA) is 32.3 Å². The lowest BCUT2D eigenvalue weighted by Gasteiger charge is -2.20. The Morgan fingerprint density at radius 1 is 1.11 bits per heavy atom. The third-order valence-electron chi connectivity index (χ3n) is 3.63. The molecule has 0 aliphatic heterocycles. The Labute approximate surface area is 112 Å². The van der Waals surface area contributed by atoms with Gasteiger partial charge in [-0.25, -0.2) is 0 Å². The minimum absolute atomic E-state index is 0.283. The Morgan fingerprint density at radius 3 is 2.39 bits per heavy atom. The standard InChI is InChI=1S/C15H30N2O/c1-3-5-6-7-8-9-12-16-13-15(18)17(4-2)14-10-11-14/h14,16H,3-13H2,1-2H3. The number of carbonyl (C=O) groups excluding carboxylic acids is 1. The van der Waals surface area contributed by atoms with Crippen LogP contribution in [-0.4, -0.2) is 36.5 Å².